The van der Waals surface area contributed by atoms with Crippen molar-refractivity contribution in [1.29, 1.82) is 0 Å². The fraction of sp³-hybridized carbons (Fsp3) is 0.852. The second-order valence-corrected chi connectivity index (χ2v) is 11.5. The third-order valence-electron chi connectivity index (χ3n) is 10.3. The van der Waals surface area contributed by atoms with Crippen molar-refractivity contribution >= 4 is 0 Å². The highest BCUT2D eigenvalue weighted by Crippen LogP contribution is 2.68. The van der Waals surface area contributed by atoms with Crippen LogP contribution in [0.15, 0.2) is 23.8 Å². The molecule has 9 atom stereocenters. The first-order chi connectivity index (χ1) is 13.3. The molecular formula is C27H44O. The number of aliphatic hydroxyl groups is 1. The van der Waals surface area contributed by atoms with Crippen LogP contribution in [0.25, 0.3) is 0 Å². The molecule has 0 saturated heterocycles. The van der Waals surface area contributed by atoms with Crippen molar-refractivity contribution in [3.05, 3.63) is 23.8 Å². The SMILES string of the molecule is CC[C@H](C)/C=C/[C@@H](C)[C@H]1CC[C@H]2C3=CC[C@H]4[C@@H](CO)CC[C@]4(C)[C@H]3CC[C@]12C. The first kappa shape index (κ1) is 20.7. The fourth-order valence-corrected chi connectivity index (χ4v) is 8.33. The van der Waals surface area contributed by atoms with E-state index >= 15 is 0 Å². The standard InChI is InChI=1S/C27H44O/c1-6-18(2)7-8-19(3)22-11-12-24-21-9-10-23-20(17-28)13-15-27(23,5)25(21)14-16-26(22,24)4/h7-9,18-20,22-25,28H,6,10-17H2,1-5H3/b8-7+/t18-,19+,20+,22+,23-,24-,25-,26+,27-/m0/s1. The maximum absolute atomic E-state index is 9.88. The monoisotopic (exact) mass is 384 g/mol. The Balaban J connectivity index is 1.56. The summed E-state index contributed by atoms with van der Waals surface area (Å²) < 4.78 is 0. The third kappa shape index (κ3) is 3.06. The molecule has 1 nitrogen and oxygen atoms in total. The van der Waals surface area contributed by atoms with Gasteiger partial charge in [-0.2, -0.15) is 0 Å². The lowest BCUT2D eigenvalue weighted by atomic mass is 9.50. The van der Waals surface area contributed by atoms with Gasteiger partial charge < -0.3 is 5.11 Å². The zero-order valence-corrected chi connectivity index (χ0v) is 19.1. The second kappa shape index (κ2) is 7.60. The fourth-order valence-electron chi connectivity index (χ4n) is 8.33. The number of rotatable bonds is 5. The van der Waals surface area contributed by atoms with Crippen LogP contribution < -0.4 is 0 Å². The first-order valence-electron chi connectivity index (χ1n) is 12.3. The number of fused-ring (bicyclic) bond motifs is 5. The van der Waals surface area contributed by atoms with E-state index in [0.29, 0.717) is 35.2 Å². The molecule has 3 fully saturated rings. The molecule has 4 rings (SSSR count). The van der Waals surface area contributed by atoms with Crippen LogP contribution in [0.1, 0.15) is 86.0 Å². The molecule has 0 aliphatic heterocycles. The van der Waals surface area contributed by atoms with Gasteiger partial charge in [-0.15, -0.1) is 0 Å². The summed E-state index contributed by atoms with van der Waals surface area (Å²) in [5.74, 6) is 5.16. The Morgan fingerprint density at radius 2 is 1.75 bits per heavy atom. The van der Waals surface area contributed by atoms with Crippen molar-refractivity contribution < 1.29 is 5.11 Å². The summed E-state index contributed by atoms with van der Waals surface area (Å²) in [4.78, 5) is 0. The molecule has 0 aromatic rings. The van der Waals surface area contributed by atoms with E-state index in [1.165, 1.54) is 51.4 Å². The van der Waals surface area contributed by atoms with E-state index in [4.69, 9.17) is 0 Å². The van der Waals surface area contributed by atoms with Crippen molar-refractivity contribution in [3.8, 4) is 0 Å². The van der Waals surface area contributed by atoms with Gasteiger partial charge in [-0.3, -0.25) is 0 Å². The van der Waals surface area contributed by atoms with Crippen LogP contribution in [-0.4, -0.2) is 11.7 Å². The van der Waals surface area contributed by atoms with Gasteiger partial charge in [0.15, 0.2) is 0 Å². The zero-order chi connectivity index (χ0) is 20.1. The Morgan fingerprint density at radius 1 is 1.04 bits per heavy atom. The van der Waals surface area contributed by atoms with Crippen LogP contribution in [0, 0.1) is 52.3 Å². The summed E-state index contributed by atoms with van der Waals surface area (Å²) in [6, 6.07) is 0. The predicted octanol–water partition coefficient (Wildman–Crippen LogP) is 7.02. The smallest absolute Gasteiger partial charge is 0.0462 e. The Labute approximate surface area is 174 Å². The number of allylic oxidation sites excluding steroid dienone is 4. The number of hydrogen-bond donors (Lipinski definition) is 1. The van der Waals surface area contributed by atoms with Crippen molar-refractivity contribution in [2.75, 3.05) is 6.61 Å². The van der Waals surface area contributed by atoms with Crippen LogP contribution in [-0.2, 0) is 0 Å². The molecule has 4 aliphatic rings. The summed E-state index contributed by atoms with van der Waals surface area (Å²) in [6.45, 7) is 12.7. The molecule has 1 heteroatoms. The summed E-state index contributed by atoms with van der Waals surface area (Å²) in [5, 5.41) is 9.88. The molecule has 4 aliphatic carbocycles. The molecule has 158 valence electrons. The highest BCUT2D eigenvalue weighted by atomic mass is 16.3. The maximum atomic E-state index is 9.88. The lowest BCUT2D eigenvalue weighted by molar-refractivity contribution is 0.0192. The topological polar surface area (TPSA) is 20.2 Å². The van der Waals surface area contributed by atoms with Crippen molar-refractivity contribution in [1.82, 2.24) is 0 Å². The molecule has 28 heavy (non-hydrogen) atoms. The van der Waals surface area contributed by atoms with Crippen molar-refractivity contribution in [2.24, 2.45) is 52.3 Å². The van der Waals surface area contributed by atoms with Crippen molar-refractivity contribution in [2.45, 2.75) is 86.0 Å². The lowest BCUT2D eigenvalue weighted by Gasteiger charge is -2.54. The van der Waals surface area contributed by atoms with Gasteiger partial charge in [0.2, 0.25) is 0 Å². The normalized spacial score (nSPS) is 47.4. The molecule has 0 amide bonds. The summed E-state index contributed by atoms with van der Waals surface area (Å²) in [6.07, 6.45) is 18.4. The first-order valence-corrected chi connectivity index (χ1v) is 12.3. The molecule has 1 N–H and O–H groups in total. The van der Waals surface area contributed by atoms with E-state index in [-0.39, 0.29) is 0 Å². The van der Waals surface area contributed by atoms with Crippen LogP contribution in [0.3, 0.4) is 0 Å². The molecule has 0 radical (unpaired) electrons. The Kier molecular flexibility index (Phi) is 5.62. The molecular weight excluding hydrogens is 340 g/mol. The quantitative estimate of drug-likeness (QED) is 0.505. The molecule has 0 unspecified atom stereocenters. The van der Waals surface area contributed by atoms with E-state index in [2.05, 4.69) is 52.8 Å². The Hall–Kier alpha value is -0.560. The van der Waals surface area contributed by atoms with Crippen molar-refractivity contribution in [3.63, 3.8) is 0 Å². The zero-order valence-electron chi connectivity index (χ0n) is 19.1. The summed E-state index contributed by atoms with van der Waals surface area (Å²) in [7, 11) is 0. The van der Waals surface area contributed by atoms with Crippen LogP contribution >= 0.6 is 0 Å². The molecule has 0 bridgehead atoms. The summed E-state index contributed by atoms with van der Waals surface area (Å²) >= 11 is 0. The summed E-state index contributed by atoms with van der Waals surface area (Å²) in [5.41, 5.74) is 2.81. The van der Waals surface area contributed by atoms with Gasteiger partial charge in [0.25, 0.3) is 0 Å². The van der Waals surface area contributed by atoms with Gasteiger partial charge in [-0.05, 0) is 97.2 Å². The Morgan fingerprint density at radius 3 is 2.46 bits per heavy atom. The minimum absolute atomic E-state index is 0.402. The van der Waals surface area contributed by atoms with Gasteiger partial charge in [-0.25, -0.2) is 0 Å². The number of aliphatic hydroxyl groups excluding tert-OH is 1. The highest BCUT2D eigenvalue weighted by molar-refractivity contribution is 5.28. The molecule has 0 aromatic heterocycles. The van der Waals surface area contributed by atoms with E-state index < -0.39 is 0 Å². The van der Waals surface area contributed by atoms with Gasteiger partial charge >= 0.3 is 0 Å². The second-order valence-electron chi connectivity index (χ2n) is 11.5. The largest absolute Gasteiger partial charge is 0.396 e. The molecule has 0 heterocycles. The van der Waals surface area contributed by atoms with Gasteiger partial charge in [0.05, 0.1) is 0 Å². The molecule has 0 aromatic carbocycles. The van der Waals surface area contributed by atoms with Crippen LogP contribution in [0.4, 0.5) is 0 Å². The van der Waals surface area contributed by atoms with Gasteiger partial charge in [0.1, 0.15) is 0 Å². The van der Waals surface area contributed by atoms with Gasteiger partial charge in [0, 0.05) is 6.61 Å². The van der Waals surface area contributed by atoms with E-state index in [1.54, 1.807) is 0 Å². The minimum atomic E-state index is 0.402. The predicted molar refractivity (Wildman–Crippen MR) is 119 cm³/mol. The Bertz CT molecular complexity index is 632. The lowest BCUT2D eigenvalue weighted by Crippen LogP contribution is -2.46. The number of hydrogen-bond acceptors (Lipinski definition) is 1. The molecule has 0 spiro atoms. The third-order valence-corrected chi connectivity index (χ3v) is 10.3. The van der Waals surface area contributed by atoms with E-state index in [1.807, 2.05) is 5.57 Å². The van der Waals surface area contributed by atoms with E-state index in [0.717, 1.165) is 23.7 Å². The average molecular weight is 385 g/mol. The minimum Gasteiger partial charge on any atom is -0.396 e. The average Bonchev–Trinajstić information content (AvgIpc) is 3.22. The maximum Gasteiger partial charge on any atom is 0.0462 e. The van der Waals surface area contributed by atoms with Gasteiger partial charge in [-0.1, -0.05) is 64.8 Å². The molecule has 3 saturated carbocycles. The van der Waals surface area contributed by atoms with Crippen LogP contribution in [0.5, 0.6) is 0 Å². The highest BCUT2D eigenvalue weighted by Gasteiger charge is 2.59. The van der Waals surface area contributed by atoms with Crippen LogP contribution in [0.2, 0.25) is 0 Å². The van der Waals surface area contributed by atoms with E-state index in [9.17, 15) is 5.11 Å².